The first-order valence-electron chi connectivity index (χ1n) is 7.56. The lowest BCUT2D eigenvalue weighted by Gasteiger charge is -2.00. The van der Waals surface area contributed by atoms with Gasteiger partial charge < -0.3 is 10.1 Å². The first-order chi connectivity index (χ1) is 9.90. The fourth-order valence-corrected chi connectivity index (χ4v) is 0.880. The van der Waals surface area contributed by atoms with Gasteiger partial charge in [-0.25, -0.2) is 4.79 Å². The minimum absolute atomic E-state index is 0.0846. The molecule has 0 aliphatic carbocycles. The number of benzene rings is 1. The van der Waals surface area contributed by atoms with Crippen molar-refractivity contribution in [3.63, 3.8) is 0 Å². The summed E-state index contributed by atoms with van der Waals surface area (Å²) in [7, 11) is 0. The van der Waals surface area contributed by atoms with Crippen molar-refractivity contribution in [2.45, 2.75) is 19.8 Å². The number of anilines is 1. The molecule has 1 aromatic rings. The lowest BCUT2D eigenvalue weighted by Crippen LogP contribution is -2.02. The van der Waals surface area contributed by atoms with Crippen molar-refractivity contribution in [3.8, 4) is 0 Å². The van der Waals surface area contributed by atoms with Crippen LogP contribution in [0.2, 0.25) is 0 Å². The number of hydrogen-bond acceptors (Lipinski definition) is 3. The van der Waals surface area contributed by atoms with Gasteiger partial charge in [-0.2, -0.15) is 0 Å². The maximum Gasteiger partial charge on any atom is 0.332 e. The third-order valence-electron chi connectivity index (χ3n) is 1.69. The van der Waals surface area contributed by atoms with E-state index in [4.69, 9.17) is 11.6 Å². The lowest BCUT2D eigenvalue weighted by atomic mass is 10.3. The molecule has 0 unspecified atom stereocenters. The van der Waals surface area contributed by atoms with Crippen LogP contribution in [0.3, 0.4) is 0 Å². The van der Waals surface area contributed by atoms with Gasteiger partial charge in [0.1, 0.15) is 0 Å². The molecule has 86 valence electrons. The van der Waals surface area contributed by atoms with Crippen LogP contribution in [0, 0.1) is 0 Å². The topological polar surface area (TPSA) is 38.3 Å². The Labute approximate surface area is 103 Å². The molecule has 0 bridgehead atoms. The third-order valence-corrected chi connectivity index (χ3v) is 1.69. The van der Waals surface area contributed by atoms with Crippen LogP contribution in [-0.4, -0.2) is 12.6 Å². The summed E-state index contributed by atoms with van der Waals surface area (Å²) in [6, 6.07) is -2.04. The summed E-state index contributed by atoms with van der Waals surface area (Å²) in [5.74, 6) is -0.552. The molecule has 0 amide bonds. The molecule has 0 atom stereocenters. The van der Waals surface area contributed by atoms with Crippen LogP contribution in [-0.2, 0) is 9.53 Å². The van der Waals surface area contributed by atoms with E-state index in [2.05, 4.69) is 5.32 Å². The van der Waals surface area contributed by atoms with Crippen molar-refractivity contribution in [2.75, 3.05) is 11.9 Å². The summed E-state index contributed by atoms with van der Waals surface area (Å²) < 4.78 is 42.7. The van der Waals surface area contributed by atoms with Gasteiger partial charge in [-0.05, 0) is 18.5 Å². The van der Waals surface area contributed by atoms with E-state index in [1.807, 2.05) is 6.92 Å². The highest BCUT2D eigenvalue weighted by molar-refractivity contribution is 5.82. The number of ether oxygens (including phenoxy) is 1. The summed E-state index contributed by atoms with van der Waals surface area (Å²) in [6.07, 6.45) is 3.99. The zero-order chi connectivity index (χ0) is 16.0. The van der Waals surface area contributed by atoms with Gasteiger partial charge in [-0.3, -0.25) is 0 Å². The third kappa shape index (κ3) is 5.20. The van der Waals surface area contributed by atoms with Crippen LogP contribution in [0.4, 0.5) is 5.69 Å². The largest absolute Gasteiger partial charge is 0.462 e. The minimum atomic E-state index is -0.552. The highest BCUT2D eigenvalue weighted by Crippen LogP contribution is 2.04. The number of esters is 1. The Hall–Kier alpha value is -1.77. The molecule has 0 aliphatic heterocycles. The average Bonchev–Trinajstić information content (AvgIpc) is 2.47. The highest BCUT2D eigenvalue weighted by Gasteiger charge is 1.94. The van der Waals surface area contributed by atoms with Crippen LogP contribution in [0.5, 0.6) is 0 Å². The van der Waals surface area contributed by atoms with Crippen LogP contribution >= 0.6 is 0 Å². The van der Waals surface area contributed by atoms with Gasteiger partial charge in [-0.1, -0.05) is 31.5 Å². The average molecular weight is 224 g/mol. The molecule has 3 nitrogen and oxygen atoms in total. The van der Waals surface area contributed by atoms with E-state index in [-0.39, 0.29) is 17.8 Å². The Kier molecular flexibility index (Phi) is 3.16. The molecule has 0 radical (unpaired) electrons. The van der Waals surface area contributed by atoms with Gasteiger partial charge in [0.2, 0.25) is 0 Å². The second-order valence-corrected chi connectivity index (χ2v) is 3.00. The molecule has 1 N–H and O–H groups in total. The Morgan fingerprint density at radius 2 is 2.25 bits per heavy atom. The Balaban J connectivity index is 2.78. The molecule has 16 heavy (non-hydrogen) atoms. The van der Waals surface area contributed by atoms with Gasteiger partial charge in [0, 0.05) is 18.0 Å². The molecule has 0 fully saturated rings. The molecule has 0 spiro atoms. The fraction of sp³-hybridized carbons (Fsp3) is 0.308. The molecule has 1 aromatic carbocycles. The summed E-state index contributed by atoms with van der Waals surface area (Å²) >= 11 is 0. The van der Waals surface area contributed by atoms with Gasteiger partial charge in [0.25, 0.3) is 0 Å². The Bertz CT molecular complexity index is 531. The zero-order valence-corrected chi connectivity index (χ0v) is 9.09. The van der Waals surface area contributed by atoms with E-state index >= 15 is 0 Å². The second kappa shape index (κ2) is 7.51. The number of nitrogens with one attached hydrogen (secondary N) is 1. The summed E-state index contributed by atoms with van der Waals surface area (Å²) in [5, 5.41) is 2.53. The monoisotopic (exact) mass is 224 g/mol. The minimum Gasteiger partial charge on any atom is -0.462 e. The molecule has 3 heteroatoms. The predicted molar refractivity (Wildman–Crippen MR) is 65.1 cm³/mol. The van der Waals surface area contributed by atoms with Gasteiger partial charge in [-0.15, -0.1) is 0 Å². The van der Waals surface area contributed by atoms with Crippen molar-refractivity contribution in [3.05, 3.63) is 42.5 Å². The van der Waals surface area contributed by atoms with Gasteiger partial charge >= 0.3 is 5.97 Å². The number of unbranched alkanes of at least 4 members (excludes halogenated alkanes) is 1. The van der Waals surface area contributed by atoms with Crippen molar-refractivity contribution >= 4 is 11.7 Å². The smallest absolute Gasteiger partial charge is 0.332 e. The number of rotatable bonds is 6. The van der Waals surface area contributed by atoms with Crippen LogP contribution in [0.1, 0.15) is 26.6 Å². The second-order valence-electron chi connectivity index (χ2n) is 3.00. The van der Waals surface area contributed by atoms with Crippen molar-refractivity contribution < 1.29 is 16.4 Å². The quantitative estimate of drug-likeness (QED) is 0.458. The van der Waals surface area contributed by atoms with E-state index in [1.54, 1.807) is 0 Å². The van der Waals surface area contributed by atoms with Gasteiger partial charge in [0.05, 0.1) is 13.5 Å². The molecule has 0 aliphatic rings. The number of carbonyl (C=O) groups excluding carboxylic acids is 1. The Morgan fingerprint density at radius 3 is 2.94 bits per heavy atom. The predicted octanol–water partition coefficient (Wildman–Crippen LogP) is 2.96. The van der Waals surface area contributed by atoms with E-state index < -0.39 is 24.1 Å². The standard InChI is InChI=1S/C13H17NO2/c1-2-3-11-16-13(15)9-10-14-12-7-5-4-6-8-12/h4-10,14H,2-3,11H2,1H3/b10-9-/i4D,5D,6D,7D,8D. The van der Waals surface area contributed by atoms with E-state index in [0.29, 0.717) is 6.61 Å². The SMILES string of the molecule is [2H]c1c([2H])c([2H])c(N/C=C\C(=O)OCCCC)c([2H])c1[2H]. The zero-order valence-electron chi connectivity index (χ0n) is 14.1. The van der Waals surface area contributed by atoms with Crippen LogP contribution in [0.25, 0.3) is 0 Å². The maximum absolute atomic E-state index is 11.3. The summed E-state index contributed by atoms with van der Waals surface area (Å²) in [4.78, 5) is 11.3. The van der Waals surface area contributed by atoms with Crippen LogP contribution in [0.15, 0.2) is 42.5 Å². The molecule has 0 saturated heterocycles. The number of carbonyl (C=O) groups is 1. The molecule has 1 rings (SSSR count). The molecular weight excluding hydrogens is 202 g/mol. The summed E-state index contributed by atoms with van der Waals surface area (Å²) in [5.41, 5.74) is -0.0846. The van der Waals surface area contributed by atoms with Crippen molar-refractivity contribution in [1.29, 1.82) is 0 Å². The summed E-state index contributed by atoms with van der Waals surface area (Å²) in [6.45, 7) is 2.30. The lowest BCUT2D eigenvalue weighted by molar-refractivity contribution is -0.137. The molecule has 0 heterocycles. The molecule has 0 saturated carbocycles. The van der Waals surface area contributed by atoms with Crippen molar-refractivity contribution in [2.24, 2.45) is 0 Å². The number of para-hydroxylation sites is 1. The fourth-order valence-electron chi connectivity index (χ4n) is 0.880. The normalized spacial score (nSPS) is 14.7. The first kappa shape index (κ1) is 6.74. The highest BCUT2D eigenvalue weighted by atomic mass is 16.5. The number of hydrogen-bond donors (Lipinski definition) is 1. The maximum atomic E-state index is 11.3. The first-order valence-corrected chi connectivity index (χ1v) is 5.06. The Morgan fingerprint density at radius 1 is 1.50 bits per heavy atom. The van der Waals surface area contributed by atoms with Crippen molar-refractivity contribution in [1.82, 2.24) is 0 Å². The van der Waals surface area contributed by atoms with E-state index in [0.717, 1.165) is 18.9 Å². The molecule has 0 aromatic heterocycles. The van der Waals surface area contributed by atoms with Gasteiger partial charge in [0.15, 0.2) is 0 Å². The van der Waals surface area contributed by atoms with Crippen LogP contribution < -0.4 is 5.32 Å². The van der Waals surface area contributed by atoms with E-state index in [1.165, 1.54) is 6.20 Å². The van der Waals surface area contributed by atoms with E-state index in [9.17, 15) is 4.79 Å². The molecular formula is C13H17NO2.